The van der Waals surface area contributed by atoms with Gasteiger partial charge in [-0.3, -0.25) is 4.99 Å². The van der Waals surface area contributed by atoms with Crippen molar-refractivity contribution in [2.24, 2.45) is 10.7 Å². The molecule has 0 aromatic carbocycles. The molecule has 0 aliphatic carbocycles. The molecule has 0 atom stereocenters. The number of hydrogen-bond donors (Lipinski definition) is 3. The lowest BCUT2D eigenvalue weighted by molar-refractivity contribution is 0.304. The second kappa shape index (κ2) is 8.19. The van der Waals surface area contributed by atoms with E-state index in [0.717, 1.165) is 23.3 Å². The van der Waals surface area contributed by atoms with Crippen LogP contribution in [0.2, 0.25) is 0 Å². The number of aliphatic hydroxyl groups is 1. The zero-order valence-electron chi connectivity index (χ0n) is 13.6. The van der Waals surface area contributed by atoms with Crippen LogP contribution in [0, 0.1) is 0 Å². The Morgan fingerprint density at radius 2 is 2.18 bits per heavy atom. The fourth-order valence-electron chi connectivity index (χ4n) is 2.04. The molecule has 0 spiro atoms. The molecular weight excluding hydrogens is 278 g/mol. The van der Waals surface area contributed by atoms with E-state index in [1.807, 2.05) is 38.1 Å². The highest BCUT2D eigenvalue weighted by molar-refractivity contribution is 5.65. The number of nitrogens with two attached hydrogens (primary N) is 1. The number of nitrogens with one attached hydrogen (secondary N) is 1. The molecule has 0 bridgehead atoms. The molecule has 22 heavy (non-hydrogen) atoms. The van der Waals surface area contributed by atoms with Crippen molar-refractivity contribution in [1.82, 2.24) is 10.3 Å². The quantitative estimate of drug-likeness (QED) is 0.636. The third-order valence-electron chi connectivity index (χ3n) is 3.33. The van der Waals surface area contributed by atoms with Crippen molar-refractivity contribution in [3.05, 3.63) is 41.5 Å². The van der Waals surface area contributed by atoms with Gasteiger partial charge in [0, 0.05) is 25.5 Å². The van der Waals surface area contributed by atoms with E-state index in [0.29, 0.717) is 23.9 Å². The molecule has 1 aromatic heterocycles. The summed E-state index contributed by atoms with van der Waals surface area (Å²) in [6, 6.07) is 1.96. The molecule has 0 saturated carbocycles. The van der Waals surface area contributed by atoms with E-state index in [4.69, 9.17) is 10.8 Å². The molecule has 1 rings (SSSR count). The molecule has 0 aliphatic rings. The highest BCUT2D eigenvalue weighted by Crippen LogP contribution is 2.27. The van der Waals surface area contributed by atoms with Crippen LogP contribution < -0.4 is 16.0 Å². The average molecular weight is 303 g/mol. The van der Waals surface area contributed by atoms with Crippen molar-refractivity contribution in [2.75, 3.05) is 25.1 Å². The monoisotopic (exact) mass is 303 g/mol. The summed E-state index contributed by atoms with van der Waals surface area (Å²) >= 11 is 0. The van der Waals surface area contributed by atoms with Crippen LogP contribution in [0.5, 0.6) is 0 Å². The van der Waals surface area contributed by atoms with Crippen molar-refractivity contribution < 1.29 is 5.11 Å². The van der Waals surface area contributed by atoms with Gasteiger partial charge in [0.05, 0.1) is 12.4 Å². The fourth-order valence-corrected chi connectivity index (χ4v) is 2.04. The van der Waals surface area contributed by atoms with E-state index in [-0.39, 0.29) is 6.61 Å². The molecule has 6 nitrogen and oxygen atoms in total. The maximum Gasteiger partial charge on any atom is 0.154 e. The Morgan fingerprint density at radius 1 is 1.50 bits per heavy atom. The van der Waals surface area contributed by atoms with Crippen molar-refractivity contribution in [2.45, 2.75) is 20.3 Å². The Bertz CT molecular complexity index is 580. The Kier molecular flexibility index (Phi) is 6.59. The SMILES string of the molecule is C=Nc1cc(C/C(C)=C(\C)NC(=C)N)cnc1N(C)CCO. The lowest BCUT2D eigenvalue weighted by atomic mass is 10.1. The third kappa shape index (κ3) is 4.89. The minimum Gasteiger partial charge on any atom is -0.395 e. The molecule has 0 unspecified atom stereocenters. The lowest BCUT2D eigenvalue weighted by Gasteiger charge is -2.19. The molecule has 0 aliphatic heterocycles. The number of likely N-dealkylation sites (N-methyl/N-ethyl adjacent to an activating group) is 1. The zero-order valence-corrected chi connectivity index (χ0v) is 13.6. The number of aromatic nitrogens is 1. The summed E-state index contributed by atoms with van der Waals surface area (Å²) in [6.45, 7) is 11.8. The molecule has 4 N–H and O–H groups in total. The Morgan fingerprint density at radius 3 is 2.73 bits per heavy atom. The van der Waals surface area contributed by atoms with Gasteiger partial charge in [-0.2, -0.15) is 0 Å². The van der Waals surface area contributed by atoms with E-state index in [9.17, 15) is 0 Å². The van der Waals surface area contributed by atoms with Gasteiger partial charge in [-0.25, -0.2) is 4.98 Å². The Labute approximate surface area is 132 Å². The van der Waals surface area contributed by atoms with Crippen LogP contribution in [0.25, 0.3) is 0 Å². The van der Waals surface area contributed by atoms with E-state index in [1.54, 1.807) is 0 Å². The van der Waals surface area contributed by atoms with Crippen LogP contribution >= 0.6 is 0 Å². The largest absolute Gasteiger partial charge is 0.395 e. The molecule has 0 amide bonds. The van der Waals surface area contributed by atoms with Gasteiger partial charge in [-0.1, -0.05) is 6.58 Å². The van der Waals surface area contributed by atoms with Crippen LogP contribution in [0.3, 0.4) is 0 Å². The van der Waals surface area contributed by atoms with Gasteiger partial charge in [-0.15, -0.1) is 0 Å². The molecule has 1 heterocycles. The minimum atomic E-state index is 0.0617. The molecule has 6 heteroatoms. The molecule has 0 fully saturated rings. The number of hydrogen-bond acceptors (Lipinski definition) is 6. The van der Waals surface area contributed by atoms with Crippen LogP contribution in [0.4, 0.5) is 11.5 Å². The first kappa shape index (κ1) is 17.7. The van der Waals surface area contributed by atoms with Gasteiger partial charge in [0.25, 0.3) is 0 Å². The number of anilines is 1. The first-order valence-electron chi connectivity index (χ1n) is 7.04. The third-order valence-corrected chi connectivity index (χ3v) is 3.33. The molecule has 0 saturated heterocycles. The summed E-state index contributed by atoms with van der Waals surface area (Å²) in [5, 5.41) is 12.0. The van der Waals surface area contributed by atoms with Crippen molar-refractivity contribution in [3.63, 3.8) is 0 Å². The number of nitrogens with zero attached hydrogens (tertiary/aromatic N) is 3. The van der Waals surface area contributed by atoms with Crippen LogP contribution in [0.1, 0.15) is 19.4 Å². The first-order valence-corrected chi connectivity index (χ1v) is 7.04. The van der Waals surface area contributed by atoms with Crippen LogP contribution in [-0.4, -0.2) is 37.0 Å². The second-order valence-electron chi connectivity index (χ2n) is 5.22. The van der Waals surface area contributed by atoms with E-state index >= 15 is 0 Å². The standard InChI is InChI=1S/C16H25N5O/c1-11(12(2)20-13(3)17)8-14-9-15(18-4)16(19-10-14)21(5)6-7-22/h9-10,20,22H,3-4,6-8,17H2,1-2,5H3/b12-11+. The number of aliphatic imine (C=N–C) groups is 1. The predicted molar refractivity (Wildman–Crippen MR) is 92.3 cm³/mol. The van der Waals surface area contributed by atoms with Gasteiger partial charge < -0.3 is 21.1 Å². The maximum absolute atomic E-state index is 9.02. The first-order chi connectivity index (χ1) is 10.4. The molecular formula is C16H25N5O. The van der Waals surface area contributed by atoms with E-state index in [1.165, 1.54) is 0 Å². The van der Waals surface area contributed by atoms with Gasteiger partial charge in [0.1, 0.15) is 5.69 Å². The van der Waals surface area contributed by atoms with Crippen LogP contribution in [0.15, 0.2) is 40.9 Å². The Balaban J connectivity index is 2.99. The smallest absolute Gasteiger partial charge is 0.154 e. The summed E-state index contributed by atoms with van der Waals surface area (Å²) in [5.74, 6) is 1.13. The summed E-state index contributed by atoms with van der Waals surface area (Å²) in [5.41, 5.74) is 9.40. The van der Waals surface area contributed by atoms with E-state index < -0.39 is 0 Å². The highest BCUT2D eigenvalue weighted by atomic mass is 16.3. The molecule has 0 radical (unpaired) electrons. The summed E-state index contributed by atoms with van der Waals surface area (Å²) in [6.07, 6.45) is 2.54. The highest BCUT2D eigenvalue weighted by Gasteiger charge is 2.10. The number of allylic oxidation sites excluding steroid dienone is 2. The number of aliphatic hydroxyl groups excluding tert-OH is 1. The van der Waals surface area contributed by atoms with Crippen molar-refractivity contribution in [1.29, 1.82) is 0 Å². The van der Waals surface area contributed by atoms with Gasteiger partial charge in [0.15, 0.2) is 5.82 Å². The fraction of sp³-hybridized carbons (Fsp3) is 0.375. The van der Waals surface area contributed by atoms with Gasteiger partial charge >= 0.3 is 0 Å². The Hall–Kier alpha value is -2.34. The topological polar surface area (TPSA) is 86.8 Å². The molecule has 120 valence electrons. The number of pyridine rings is 1. The van der Waals surface area contributed by atoms with Crippen molar-refractivity contribution >= 4 is 18.2 Å². The molecule has 1 aromatic rings. The van der Waals surface area contributed by atoms with Crippen molar-refractivity contribution in [3.8, 4) is 0 Å². The van der Waals surface area contributed by atoms with Gasteiger partial charge in [-0.05, 0) is 44.2 Å². The summed E-state index contributed by atoms with van der Waals surface area (Å²) in [7, 11) is 1.86. The minimum absolute atomic E-state index is 0.0617. The predicted octanol–water partition coefficient (Wildman–Crippen LogP) is 1.70. The van der Waals surface area contributed by atoms with E-state index in [2.05, 4.69) is 28.6 Å². The summed E-state index contributed by atoms with van der Waals surface area (Å²) < 4.78 is 0. The summed E-state index contributed by atoms with van der Waals surface area (Å²) in [4.78, 5) is 10.3. The zero-order chi connectivity index (χ0) is 16.7. The van der Waals surface area contributed by atoms with Crippen LogP contribution in [-0.2, 0) is 6.42 Å². The second-order valence-corrected chi connectivity index (χ2v) is 5.22. The maximum atomic E-state index is 9.02. The van der Waals surface area contributed by atoms with Gasteiger partial charge in [0.2, 0.25) is 0 Å². The normalized spacial score (nSPS) is 11.6. The average Bonchev–Trinajstić information content (AvgIpc) is 2.46. The number of rotatable bonds is 8. The lowest BCUT2D eigenvalue weighted by Crippen LogP contribution is -2.22.